The molecular formula is C14H26O4. The molecule has 0 aromatic rings. The van der Waals surface area contributed by atoms with Crippen LogP contribution in [0.15, 0.2) is 0 Å². The number of ether oxygens (including phenoxy) is 2. The van der Waals surface area contributed by atoms with E-state index in [9.17, 15) is 9.59 Å². The van der Waals surface area contributed by atoms with Gasteiger partial charge in [-0.3, -0.25) is 9.59 Å². The summed E-state index contributed by atoms with van der Waals surface area (Å²) in [6, 6.07) is 0. The van der Waals surface area contributed by atoms with Gasteiger partial charge in [0.1, 0.15) is 0 Å². The minimum Gasteiger partial charge on any atom is -0.468 e. The first-order valence-electron chi connectivity index (χ1n) is 6.49. The molecule has 0 aromatic carbocycles. The highest BCUT2D eigenvalue weighted by atomic mass is 16.5. The number of carbonyl (C=O) groups excluding carboxylic acids is 2. The zero-order valence-corrected chi connectivity index (χ0v) is 12.4. The second-order valence-corrected chi connectivity index (χ2v) is 5.40. The molecule has 0 radical (unpaired) electrons. The maximum absolute atomic E-state index is 12.0. The summed E-state index contributed by atoms with van der Waals surface area (Å²) in [6.45, 7) is 7.94. The Hall–Kier alpha value is -1.06. The number of hydrogen-bond acceptors (Lipinski definition) is 4. The van der Waals surface area contributed by atoms with Crippen molar-refractivity contribution in [3.8, 4) is 0 Å². The van der Waals surface area contributed by atoms with Crippen molar-refractivity contribution in [1.82, 2.24) is 0 Å². The van der Waals surface area contributed by atoms with Gasteiger partial charge in [0.25, 0.3) is 0 Å². The monoisotopic (exact) mass is 258 g/mol. The molecule has 0 aliphatic rings. The molecule has 0 aliphatic carbocycles. The van der Waals surface area contributed by atoms with Crippen molar-refractivity contribution >= 4 is 11.9 Å². The van der Waals surface area contributed by atoms with Gasteiger partial charge in [-0.2, -0.15) is 0 Å². The molecule has 0 amide bonds. The van der Waals surface area contributed by atoms with Crippen LogP contribution in [0, 0.1) is 17.3 Å². The van der Waals surface area contributed by atoms with Crippen LogP contribution < -0.4 is 0 Å². The van der Waals surface area contributed by atoms with E-state index in [-0.39, 0.29) is 5.92 Å². The highest BCUT2D eigenvalue weighted by Crippen LogP contribution is 2.36. The molecule has 0 heterocycles. The van der Waals surface area contributed by atoms with Crippen molar-refractivity contribution in [2.75, 3.05) is 14.2 Å². The van der Waals surface area contributed by atoms with E-state index in [0.717, 1.165) is 12.8 Å². The largest absolute Gasteiger partial charge is 0.468 e. The third kappa shape index (κ3) is 3.72. The number of methoxy groups -OCH3 is 2. The molecule has 0 atom stereocenters. The molecular weight excluding hydrogens is 232 g/mol. The second kappa shape index (κ2) is 7.39. The Kier molecular flexibility index (Phi) is 6.96. The first-order chi connectivity index (χ1) is 8.32. The van der Waals surface area contributed by atoms with Crippen LogP contribution in [-0.2, 0) is 19.1 Å². The number of rotatable bonds is 7. The molecule has 0 aromatic heterocycles. The number of hydrogen-bond donors (Lipinski definition) is 0. The predicted molar refractivity (Wildman–Crippen MR) is 70.0 cm³/mol. The number of carbonyl (C=O) groups is 2. The third-order valence-corrected chi connectivity index (χ3v) is 3.44. The first-order valence-corrected chi connectivity index (χ1v) is 6.49. The van der Waals surface area contributed by atoms with Crippen molar-refractivity contribution in [2.45, 2.75) is 47.0 Å². The Labute approximate surface area is 110 Å². The molecule has 0 saturated heterocycles. The summed E-state index contributed by atoms with van der Waals surface area (Å²) in [7, 11) is 2.62. The molecule has 4 nitrogen and oxygen atoms in total. The summed E-state index contributed by atoms with van der Waals surface area (Å²) in [5, 5.41) is 0. The molecule has 18 heavy (non-hydrogen) atoms. The minimum absolute atomic E-state index is 0.149. The molecule has 0 aliphatic heterocycles. The van der Waals surface area contributed by atoms with E-state index in [1.54, 1.807) is 0 Å². The van der Waals surface area contributed by atoms with Crippen LogP contribution in [0.2, 0.25) is 0 Å². The van der Waals surface area contributed by atoms with Crippen LogP contribution in [0.1, 0.15) is 47.0 Å². The van der Waals surface area contributed by atoms with Crippen molar-refractivity contribution < 1.29 is 19.1 Å². The zero-order valence-electron chi connectivity index (χ0n) is 12.4. The third-order valence-electron chi connectivity index (χ3n) is 3.44. The van der Waals surface area contributed by atoms with Crippen molar-refractivity contribution in [1.29, 1.82) is 0 Å². The Bertz CT molecular complexity index is 266. The molecule has 0 fully saturated rings. The van der Waals surface area contributed by atoms with Crippen LogP contribution in [0.25, 0.3) is 0 Å². The fourth-order valence-corrected chi connectivity index (χ4v) is 2.20. The zero-order chi connectivity index (χ0) is 14.3. The lowest BCUT2D eigenvalue weighted by Crippen LogP contribution is -2.45. The van der Waals surface area contributed by atoms with Gasteiger partial charge in [-0.1, -0.05) is 40.5 Å². The quantitative estimate of drug-likeness (QED) is 0.520. The van der Waals surface area contributed by atoms with E-state index in [4.69, 9.17) is 9.47 Å². The molecule has 0 N–H and O–H groups in total. The lowest BCUT2D eigenvalue weighted by molar-refractivity contribution is -0.173. The van der Waals surface area contributed by atoms with Gasteiger partial charge in [0.05, 0.1) is 14.2 Å². The fraction of sp³-hybridized carbons (Fsp3) is 0.857. The van der Waals surface area contributed by atoms with Crippen LogP contribution in [0.3, 0.4) is 0 Å². The van der Waals surface area contributed by atoms with Crippen molar-refractivity contribution in [3.05, 3.63) is 0 Å². The molecule has 0 unspecified atom stereocenters. The van der Waals surface area contributed by atoms with Crippen LogP contribution in [0.5, 0.6) is 0 Å². The molecule has 106 valence electrons. The first kappa shape index (κ1) is 16.9. The van der Waals surface area contributed by atoms with Crippen LogP contribution in [0.4, 0.5) is 0 Å². The molecule has 0 spiro atoms. The summed E-state index contributed by atoms with van der Waals surface area (Å²) in [4.78, 5) is 24.1. The van der Waals surface area contributed by atoms with Gasteiger partial charge in [-0.15, -0.1) is 0 Å². The molecule has 0 saturated carbocycles. The SMILES string of the molecule is COC(=O)C(CCCC(C)C)(C(=O)OC)C(C)C. The van der Waals surface area contributed by atoms with Gasteiger partial charge in [-0.05, 0) is 18.3 Å². The van der Waals surface area contributed by atoms with Crippen molar-refractivity contribution in [2.24, 2.45) is 17.3 Å². The van der Waals surface area contributed by atoms with Gasteiger partial charge in [-0.25, -0.2) is 0 Å². The average Bonchev–Trinajstić information content (AvgIpc) is 2.32. The highest BCUT2D eigenvalue weighted by molar-refractivity contribution is 6.00. The van der Waals surface area contributed by atoms with Gasteiger partial charge in [0.2, 0.25) is 0 Å². The van der Waals surface area contributed by atoms with Gasteiger partial charge in [0, 0.05) is 0 Å². The van der Waals surface area contributed by atoms with Gasteiger partial charge >= 0.3 is 11.9 Å². The van der Waals surface area contributed by atoms with E-state index < -0.39 is 17.4 Å². The number of esters is 2. The van der Waals surface area contributed by atoms with E-state index in [1.165, 1.54) is 14.2 Å². The Morgan fingerprint density at radius 2 is 1.44 bits per heavy atom. The molecule has 4 heteroatoms. The van der Waals surface area contributed by atoms with Crippen LogP contribution >= 0.6 is 0 Å². The Morgan fingerprint density at radius 3 is 1.72 bits per heavy atom. The smallest absolute Gasteiger partial charge is 0.323 e. The second-order valence-electron chi connectivity index (χ2n) is 5.40. The summed E-state index contributed by atoms with van der Waals surface area (Å²) in [5.74, 6) is -0.587. The minimum atomic E-state index is -1.17. The molecule has 0 bridgehead atoms. The van der Waals surface area contributed by atoms with E-state index >= 15 is 0 Å². The summed E-state index contributed by atoms with van der Waals surface area (Å²) >= 11 is 0. The van der Waals surface area contributed by atoms with E-state index in [2.05, 4.69) is 13.8 Å². The summed E-state index contributed by atoms with van der Waals surface area (Å²) in [5.41, 5.74) is -1.17. The predicted octanol–water partition coefficient (Wildman–Crippen LogP) is 2.80. The fourth-order valence-electron chi connectivity index (χ4n) is 2.20. The lowest BCUT2D eigenvalue weighted by Gasteiger charge is -2.32. The van der Waals surface area contributed by atoms with E-state index in [0.29, 0.717) is 12.3 Å². The highest BCUT2D eigenvalue weighted by Gasteiger charge is 2.50. The van der Waals surface area contributed by atoms with Gasteiger partial charge in [0.15, 0.2) is 5.41 Å². The van der Waals surface area contributed by atoms with E-state index in [1.807, 2.05) is 13.8 Å². The lowest BCUT2D eigenvalue weighted by atomic mass is 9.73. The maximum atomic E-state index is 12.0. The topological polar surface area (TPSA) is 52.6 Å². The average molecular weight is 258 g/mol. The van der Waals surface area contributed by atoms with Gasteiger partial charge < -0.3 is 9.47 Å². The van der Waals surface area contributed by atoms with Crippen LogP contribution in [-0.4, -0.2) is 26.2 Å². The summed E-state index contributed by atoms with van der Waals surface area (Å²) in [6.07, 6.45) is 2.25. The Balaban J connectivity index is 5.09. The molecule has 0 rings (SSSR count). The standard InChI is InChI=1S/C14H26O4/c1-10(2)8-7-9-14(11(3)4,12(15)17-5)13(16)18-6/h10-11H,7-9H2,1-6H3. The normalized spacial score (nSPS) is 11.8. The summed E-state index contributed by atoms with van der Waals surface area (Å²) < 4.78 is 9.64. The van der Waals surface area contributed by atoms with Crippen molar-refractivity contribution in [3.63, 3.8) is 0 Å². The maximum Gasteiger partial charge on any atom is 0.323 e. The Morgan fingerprint density at radius 1 is 1.00 bits per heavy atom.